The molecule has 1 aliphatic rings. The molecule has 0 spiro atoms. The van der Waals surface area contributed by atoms with Gasteiger partial charge >= 0.3 is 0 Å². The first kappa shape index (κ1) is 23.1. The number of rotatable bonds is 7. The zero-order valence-electron chi connectivity index (χ0n) is 16.6. The van der Waals surface area contributed by atoms with Crippen molar-refractivity contribution < 1.29 is 19.0 Å². The Bertz CT molecular complexity index is 1160. The molecule has 1 heterocycles. The molecule has 0 fully saturated rings. The Morgan fingerprint density at radius 1 is 1.09 bits per heavy atom. The molecule has 0 radical (unpaired) electrons. The van der Waals surface area contributed by atoms with Gasteiger partial charge < -0.3 is 14.2 Å². The summed E-state index contributed by atoms with van der Waals surface area (Å²) in [6, 6.07) is 16.9. The van der Waals surface area contributed by atoms with Crippen molar-refractivity contribution >= 4 is 68.9 Å². The van der Waals surface area contributed by atoms with Gasteiger partial charge in [0.15, 0.2) is 11.5 Å². The predicted octanol–water partition coefficient (Wildman–Crippen LogP) is 5.55. The van der Waals surface area contributed by atoms with Crippen molar-refractivity contribution in [1.82, 2.24) is 5.43 Å². The molecule has 0 unspecified atom stereocenters. The second kappa shape index (κ2) is 10.7. The molecule has 9 heteroatoms. The van der Waals surface area contributed by atoms with Crippen LogP contribution in [0.1, 0.15) is 16.7 Å². The van der Waals surface area contributed by atoms with Crippen LogP contribution in [0, 0.1) is 7.14 Å². The van der Waals surface area contributed by atoms with E-state index in [1.54, 1.807) is 18.3 Å². The van der Waals surface area contributed by atoms with Gasteiger partial charge in [0.05, 0.1) is 19.8 Å². The maximum absolute atomic E-state index is 12.2. The van der Waals surface area contributed by atoms with E-state index >= 15 is 0 Å². The van der Waals surface area contributed by atoms with Crippen molar-refractivity contribution in [3.05, 3.63) is 83.5 Å². The van der Waals surface area contributed by atoms with Gasteiger partial charge in [-0.1, -0.05) is 35.9 Å². The number of benzene rings is 3. The summed E-state index contributed by atoms with van der Waals surface area (Å²) in [5, 5.41) is 4.76. The number of halogens is 3. The topological polar surface area (TPSA) is 69.2 Å². The normalized spacial score (nSPS) is 12.2. The summed E-state index contributed by atoms with van der Waals surface area (Å²) in [7, 11) is 0. The maximum Gasteiger partial charge on any atom is 0.244 e. The number of carbonyl (C=O) groups excluding carboxylic acids is 1. The molecule has 32 heavy (non-hydrogen) atoms. The number of hydrogen-bond donors (Lipinski definition) is 1. The number of amides is 1. The van der Waals surface area contributed by atoms with E-state index in [1.807, 2.05) is 42.5 Å². The maximum atomic E-state index is 12.2. The monoisotopic (exact) mass is 674 g/mol. The van der Waals surface area contributed by atoms with Gasteiger partial charge in [-0.25, -0.2) is 5.43 Å². The molecule has 0 aliphatic carbocycles. The third-order valence-corrected chi connectivity index (χ3v) is 6.53. The van der Waals surface area contributed by atoms with E-state index in [4.69, 9.17) is 25.8 Å². The molecule has 0 bridgehead atoms. The molecule has 0 saturated heterocycles. The molecule has 6 nitrogen and oxygen atoms in total. The Kier molecular flexibility index (Phi) is 7.74. The minimum Gasteiger partial charge on any atom is -0.487 e. The molecular weight excluding hydrogens is 658 g/mol. The summed E-state index contributed by atoms with van der Waals surface area (Å²) >= 11 is 10.7. The fraction of sp³-hybridized carbons (Fsp3) is 0.130. The lowest BCUT2D eigenvalue weighted by Crippen LogP contribution is -2.19. The number of fused-ring (bicyclic) bond motifs is 1. The smallest absolute Gasteiger partial charge is 0.244 e. The molecular formula is C23H17ClI2N2O4. The minimum absolute atomic E-state index is 0.192. The van der Waals surface area contributed by atoms with Gasteiger partial charge in [0, 0.05) is 10.6 Å². The van der Waals surface area contributed by atoms with Crippen LogP contribution >= 0.6 is 56.8 Å². The minimum atomic E-state index is -0.218. The van der Waals surface area contributed by atoms with Gasteiger partial charge in [-0.3, -0.25) is 4.79 Å². The Morgan fingerprint density at radius 2 is 1.84 bits per heavy atom. The highest BCUT2D eigenvalue weighted by Gasteiger charge is 2.14. The van der Waals surface area contributed by atoms with Gasteiger partial charge in [-0.15, -0.1) is 0 Å². The molecule has 1 aliphatic heterocycles. The van der Waals surface area contributed by atoms with Crippen LogP contribution in [0.5, 0.6) is 17.2 Å². The lowest BCUT2D eigenvalue weighted by molar-refractivity contribution is -0.120. The van der Waals surface area contributed by atoms with E-state index in [0.717, 1.165) is 29.6 Å². The van der Waals surface area contributed by atoms with Gasteiger partial charge in [-0.2, -0.15) is 5.10 Å². The molecule has 0 aromatic heterocycles. The Morgan fingerprint density at radius 3 is 2.62 bits per heavy atom. The molecule has 164 valence electrons. The molecule has 3 aromatic carbocycles. The van der Waals surface area contributed by atoms with Crippen LogP contribution in [0.3, 0.4) is 0 Å². The summed E-state index contributed by atoms with van der Waals surface area (Å²) in [4.78, 5) is 12.2. The highest BCUT2D eigenvalue weighted by Crippen LogP contribution is 2.32. The number of nitrogens with one attached hydrogen (secondary N) is 1. The van der Waals surface area contributed by atoms with Crippen molar-refractivity contribution in [1.29, 1.82) is 0 Å². The SMILES string of the molecule is O=C(Cc1ccc2c(c1)OCO2)N/N=C\c1cc(I)c(OCc2ccccc2Cl)c(I)c1. The Labute approximate surface area is 217 Å². The Hall–Kier alpha value is -2.05. The van der Waals surface area contributed by atoms with Gasteiger partial charge in [0.25, 0.3) is 0 Å². The number of nitrogens with zero attached hydrogens (tertiary/aromatic N) is 1. The lowest BCUT2D eigenvalue weighted by atomic mass is 10.1. The molecule has 0 saturated carbocycles. The van der Waals surface area contributed by atoms with Crippen molar-refractivity contribution in [3.63, 3.8) is 0 Å². The number of hydrazone groups is 1. The molecule has 1 amide bonds. The van der Waals surface area contributed by atoms with E-state index < -0.39 is 0 Å². The van der Waals surface area contributed by atoms with Crippen LogP contribution in [0.15, 0.2) is 59.7 Å². The molecule has 4 rings (SSSR count). The van der Waals surface area contributed by atoms with Crippen LogP contribution < -0.4 is 19.6 Å². The average molecular weight is 675 g/mol. The first-order valence-electron chi connectivity index (χ1n) is 9.55. The number of carbonyl (C=O) groups is 1. The standard InChI is InChI=1S/C23H17ClI2N2O4/c24-17-4-2-1-3-16(17)12-30-23-18(25)7-15(8-19(23)26)11-27-28-22(29)10-14-5-6-20-21(9-14)32-13-31-20/h1-9,11H,10,12-13H2,(H,28,29)/b27-11-. The van der Waals surface area contributed by atoms with E-state index in [-0.39, 0.29) is 19.1 Å². The van der Waals surface area contributed by atoms with E-state index in [2.05, 4.69) is 55.7 Å². The van der Waals surface area contributed by atoms with E-state index in [1.165, 1.54) is 0 Å². The Balaban J connectivity index is 1.34. The third kappa shape index (κ3) is 5.84. The quantitative estimate of drug-likeness (QED) is 0.203. The fourth-order valence-corrected chi connectivity index (χ4v) is 5.33. The van der Waals surface area contributed by atoms with Crippen molar-refractivity contribution in [2.24, 2.45) is 5.10 Å². The van der Waals surface area contributed by atoms with E-state index in [0.29, 0.717) is 23.1 Å². The number of hydrogen-bond acceptors (Lipinski definition) is 5. The first-order valence-corrected chi connectivity index (χ1v) is 12.1. The third-order valence-electron chi connectivity index (χ3n) is 4.55. The molecule has 1 N–H and O–H groups in total. The highest BCUT2D eigenvalue weighted by molar-refractivity contribution is 14.1. The van der Waals surface area contributed by atoms with Crippen molar-refractivity contribution in [3.8, 4) is 17.2 Å². The van der Waals surface area contributed by atoms with Crippen LogP contribution in [0.2, 0.25) is 5.02 Å². The summed E-state index contributed by atoms with van der Waals surface area (Å²) in [5.41, 5.74) is 5.17. The largest absolute Gasteiger partial charge is 0.487 e. The highest BCUT2D eigenvalue weighted by atomic mass is 127. The van der Waals surface area contributed by atoms with Crippen LogP contribution in [0.4, 0.5) is 0 Å². The van der Waals surface area contributed by atoms with Gasteiger partial charge in [0.1, 0.15) is 12.4 Å². The summed E-state index contributed by atoms with van der Waals surface area (Å²) in [6.45, 7) is 0.589. The average Bonchev–Trinajstić information content (AvgIpc) is 3.22. The molecule has 3 aromatic rings. The van der Waals surface area contributed by atoms with Gasteiger partial charge in [-0.05, 0) is 86.6 Å². The first-order chi connectivity index (χ1) is 15.5. The second-order valence-corrected chi connectivity index (χ2v) is 9.58. The predicted molar refractivity (Wildman–Crippen MR) is 140 cm³/mol. The van der Waals surface area contributed by atoms with Crippen LogP contribution in [0.25, 0.3) is 0 Å². The van der Waals surface area contributed by atoms with E-state index in [9.17, 15) is 4.79 Å². The second-order valence-electron chi connectivity index (χ2n) is 6.85. The number of ether oxygens (including phenoxy) is 3. The lowest BCUT2D eigenvalue weighted by Gasteiger charge is -2.12. The molecule has 0 atom stereocenters. The van der Waals surface area contributed by atoms with Gasteiger partial charge in [0.2, 0.25) is 12.7 Å². The fourth-order valence-electron chi connectivity index (χ4n) is 3.01. The zero-order valence-corrected chi connectivity index (χ0v) is 21.7. The van der Waals surface area contributed by atoms with Crippen molar-refractivity contribution in [2.75, 3.05) is 6.79 Å². The summed E-state index contributed by atoms with van der Waals surface area (Å²) in [5.74, 6) is 1.91. The summed E-state index contributed by atoms with van der Waals surface area (Å²) in [6.07, 6.45) is 1.80. The van der Waals surface area contributed by atoms with Crippen molar-refractivity contribution in [2.45, 2.75) is 13.0 Å². The zero-order chi connectivity index (χ0) is 22.5. The van der Waals surface area contributed by atoms with Crippen LogP contribution in [-0.4, -0.2) is 18.9 Å². The van der Waals surface area contributed by atoms with Crippen LogP contribution in [-0.2, 0) is 17.8 Å². The summed E-state index contributed by atoms with van der Waals surface area (Å²) < 4.78 is 18.5.